The summed E-state index contributed by atoms with van der Waals surface area (Å²) in [6, 6.07) is 3.51. The first-order chi connectivity index (χ1) is 12.6. The molecular weight excluding hydrogens is 336 g/mol. The molecule has 1 unspecified atom stereocenters. The predicted molar refractivity (Wildman–Crippen MR) is 92.8 cm³/mol. The third kappa shape index (κ3) is 3.07. The van der Waals surface area contributed by atoms with Crippen molar-refractivity contribution in [3.05, 3.63) is 59.8 Å². The van der Waals surface area contributed by atoms with Gasteiger partial charge in [0.2, 0.25) is 0 Å². The fraction of sp³-hybridized carbons (Fsp3) is 0.400. The zero-order valence-electron chi connectivity index (χ0n) is 14.9. The van der Waals surface area contributed by atoms with Gasteiger partial charge in [-0.15, -0.1) is 0 Å². The molecule has 138 valence electrons. The second-order valence-corrected chi connectivity index (χ2v) is 6.00. The molecule has 0 radical (unpaired) electrons. The first kappa shape index (κ1) is 18.0. The number of allylic oxidation sites excluding steroid dienone is 4. The van der Waals surface area contributed by atoms with Gasteiger partial charge in [0, 0.05) is 18.4 Å². The van der Waals surface area contributed by atoms with Crippen LogP contribution >= 0.6 is 0 Å². The lowest BCUT2D eigenvalue weighted by Gasteiger charge is -2.38. The average molecular weight is 358 g/mol. The minimum atomic E-state index is -1.58. The van der Waals surface area contributed by atoms with Crippen LogP contribution in [0, 0.1) is 5.41 Å². The van der Waals surface area contributed by atoms with Gasteiger partial charge in [-0.25, -0.2) is 0 Å². The minimum absolute atomic E-state index is 0.0569. The first-order valence-corrected chi connectivity index (χ1v) is 8.74. The summed E-state index contributed by atoms with van der Waals surface area (Å²) >= 11 is 0. The van der Waals surface area contributed by atoms with Crippen molar-refractivity contribution in [2.24, 2.45) is 5.41 Å². The number of carbonyl (C=O) groups excluding carboxylic acids is 2. The van der Waals surface area contributed by atoms with Crippen LogP contribution in [0.5, 0.6) is 0 Å². The third-order valence-corrected chi connectivity index (χ3v) is 4.46. The van der Waals surface area contributed by atoms with Crippen LogP contribution in [0.3, 0.4) is 0 Å². The molecule has 0 fully saturated rings. The van der Waals surface area contributed by atoms with Crippen molar-refractivity contribution in [3.63, 3.8) is 0 Å². The Labute approximate surface area is 152 Å². The van der Waals surface area contributed by atoms with Gasteiger partial charge >= 0.3 is 11.9 Å². The van der Waals surface area contributed by atoms with E-state index in [0.717, 1.165) is 0 Å². The lowest BCUT2D eigenvalue weighted by Crippen LogP contribution is -2.47. The monoisotopic (exact) mass is 358 g/mol. The Morgan fingerprint density at radius 3 is 2.54 bits per heavy atom. The number of hydrogen-bond donors (Lipinski definition) is 0. The molecule has 0 bridgehead atoms. The molecule has 0 saturated carbocycles. The Kier molecular flexibility index (Phi) is 5.30. The van der Waals surface area contributed by atoms with Crippen molar-refractivity contribution in [1.82, 2.24) is 0 Å². The second kappa shape index (κ2) is 7.64. The molecule has 2 heterocycles. The molecular formula is C20H22O6. The van der Waals surface area contributed by atoms with E-state index in [-0.39, 0.29) is 19.6 Å². The maximum absolute atomic E-state index is 13.0. The molecule has 1 aromatic heterocycles. The zero-order valence-corrected chi connectivity index (χ0v) is 14.9. The van der Waals surface area contributed by atoms with Gasteiger partial charge in [-0.05, 0) is 26.0 Å². The predicted octanol–water partition coefficient (Wildman–Crippen LogP) is 3.62. The number of furan rings is 1. The van der Waals surface area contributed by atoms with Crippen LogP contribution in [0.25, 0.3) is 0 Å². The summed E-state index contributed by atoms with van der Waals surface area (Å²) in [5.74, 6) is -0.162. The summed E-state index contributed by atoms with van der Waals surface area (Å²) < 4.78 is 22.1. The van der Waals surface area contributed by atoms with Gasteiger partial charge < -0.3 is 18.6 Å². The SMILES string of the molecule is CCOC(=O)C1(C(=O)OCC)CC(c2ccco2)OC2=C1C=CC=CC2. The highest BCUT2D eigenvalue weighted by molar-refractivity contribution is 6.04. The smallest absolute Gasteiger partial charge is 0.328 e. The minimum Gasteiger partial charge on any atom is -0.486 e. The van der Waals surface area contributed by atoms with Crippen LogP contribution < -0.4 is 0 Å². The molecule has 2 aliphatic rings. The van der Waals surface area contributed by atoms with Gasteiger partial charge in [0.15, 0.2) is 11.5 Å². The van der Waals surface area contributed by atoms with Crippen LogP contribution in [-0.4, -0.2) is 25.2 Å². The molecule has 0 spiro atoms. The summed E-state index contributed by atoms with van der Waals surface area (Å²) in [4.78, 5) is 26.0. The van der Waals surface area contributed by atoms with E-state index in [2.05, 4.69) is 0 Å². The molecule has 1 atom stereocenters. The molecule has 3 rings (SSSR count). The van der Waals surface area contributed by atoms with Crippen molar-refractivity contribution in [1.29, 1.82) is 0 Å². The van der Waals surface area contributed by atoms with E-state index < -0.39 is 23.5 Å². The van der Waals surface area contributed by atoms with Gasteiger partial charge in [0.25, 0.3) is 0 Å². The number of esters is 2. The fourth-order valence-electron chi connectivity index (χ4n) is 3.31. The molecule has 0 amide bonds. The maximum Gasteiger partial charge on any atom is 0.328 e. The van der Waals surface area contributed by atoms with Gasteiger partial charge in [0.05, 0.1) is 19.5 Å². The Hall–Kier alpha value is -2.76. The highest BCUT2D eigenvalue weighted by Gasteiger charge is 2.57. The van der Waals surface area contributed by atoms with Crippen LogP contribution in [0.2, 0.25) is 0 Å². The van der Waals surface area contributed by atoms with E-state index in [1.54, 1.807) is 38.1 Å². The second-order valence-electron chi connectivity index (χ2n) is 6.00. The van der Waals surface area contributed by atoms with Gasteiger partial charge in [-0.1, -0.05) is 24.3 Å². The van der Waals surface area contributed by atoms with E-state index >= 15 is 0 Å². The third-order valence-electron chi connectivity index (χ3n) is 4.46. The molecule has 1 aliphatic heterocycles. The van der Waals surface area contributed by atoms with Crippen molar-refractivity contribution in [2.45, 2.75) is 32.8 Å². The lowest BCUT2D eigenvalue weighted by atomic mass is 9.72. The molecule has 26 heavy (non-hydrogen) atoms. The molecule has 0 saturated heterocycles. The first-order valence-electron chi connectivity index (χ1n) is 8.74. The normalized spacial score (nSPS) is 20.8. The highest BCUT2D eigenvalue weighted by atomic mass is 16.6. The molecule has 0 N–H and O–H groups in total. The number of rotatable bonds is 5. The summed E-state index contributed by atoms with van der Waals surface area (Å²) in [5, 5.41) is 0. The van der Waals surface area contributed by atoms with E-state index in [1.807, 2.05) is 12.2 Å². The van der Waals surface area contributed by atoms with Crippen molar-refractivity contribution >= 4 is 11.9 Å². The number of carbonyl (C=O) groups is 2. The Morgan fingerprint density at radius 1 is 1.19 bits per heavy atom. The standard InChI is InChI=1S/C20H22O6/c1-3-23-18(21)20(19(22)24-4-2)13-17(16-11-8-12-25-16)26-15-10-7-5-6-9-14(15)20/h5-9,11-12,17H,3-4,10,13H2,1-2H3. The topological polar surface area (TPSA) is 75.0 Å². The van der Waals surface area contributed by atoms with Crippen molar-refractivity contribution in [3.8, 4) is 0 Å². The summed E-state index contributed by atoms with van der Waals surface area (Å²) in [6.45, 7) is 3.74. The van der Waals surface area contributed by atoms with Crippen LogP contribution in [0.4, 0.5) is 0 Å². The van der Waals surface area contributed by atoms with Gasteiger partial charge in [-0.2, -0.15) is 0 Å². The van der Waals surface area contributed by atoms with E-state index in [0.29, 0.717) is 23.5 Å². The van der Waals surface area contributed by atoms with E-state index in [1.165, 1.54) is 6.26 Å². The molecule has 0 aromatic carbocycles. The van der Waals surface area contributed by atoms with Crippen molar-refractivity contribution < 1.29 is 28.2 Å². The Bertz CT molecular complexity index is 735. The lowest BCUT2D eigenvalue weighted by molar-refractivity contribution is -0.173. The summed E-state index contributed by atoms with van der Waals surface area (Å²) in [5.41, 5.74) is -1.10. The molecule has 1 aromatic rings. The molecule has 1 aliphatic carbocycles. The number of ether oxygens (including phenoxy) is 3. The molecule has 6 heteroatoms. The Balaban J connectivity index is 2.15. The zero-order chi connectivity index (χ0) is 18.6. The van der Waals surface area contributed by atoms with Crippen LogP contribution in [-0.2, 0) is 23.8 Å². The average Bonchev–Trinajstić information content (AvgIpc) is 3.06. The summed E-state index contributed by atoms with van der Waals surface area (Å²) in [7, 11) is 0. The summed E-state index contributed by atoms with van der Waals surface area (Å²) in [6.07, 6.45) is 8.73. The molecule has 6 nitrogen and oxygen atoms in total. The van der Waals surface area contributed by atoms with E-state index in [9.17, 15) is 9.59 Å². The fourth-order valence-corrected chi connectivity index (χ4v) is 3.31. The van der Waals surface area contributed by atoms with E-state index in [4.69, 9.17) is 18.6 Å². The quantitative estimate of drug-likeness (QED) is 0.591. The Morgan fingerprint density at radius 2 is 1.92 bits per heavy atom. The van der Waals surface area contributed by atoms with Crippen molar-refractivity contribution in [2.75, 3.05) is 13.2 Å². The van der Waals surface area contributed by atoms with Gasteiger partial charge in [0.1, 0.15) is 11.5 Å². The highest BCUT2D eigenvalue weighted by Crippen LogP contribution is 2.49. The van der Waals surface area contributed by atoms with Crippen LogP contribution in [0.1, 0.15) is 38.6 Å². The largest absolute Gasteiger partial charge is 0.486 e. The van der Waals surface area contributed by atoms with Gasteiger partial charge in [-0.3, -0.25) is 9.59 Å². The number of hydrogen-bond acceptors (Lipinski definition) is 6. The maximum atomic E-state index is 13.0. The van der Waals surface area contributed by atoms with Crippen LogP contribution in [0.15, 0.2) is 58.4 Å².